The van der Waals surface area contributed by atoms with Crippen LogP contribution >= 0.6 is 0 Å². The average Bonchev–Trinajstić information content (AvgIpc) is 2.98. The standard InChI is InChI=1S/C18H15NO3S/c20-18-9-16(23(21)22)8-14-7-15(5-6-17(14)18)19-10-12-3-1-2-4-13(12)11-19/h1-9,20H,10-11H2,(H,21,22). The van der Waals surface area contributed by atoms with Gasteiger partial charge in [0.05, 0.1) is 4.90 Å². The fourth-order valence-electron chi connectivity index (χ4n) is 3.12. The molecule has 0 aliphatic carbocycles. The van der Waals surface area contributed by atoms with Gasteiger partial charge in [-0.15, -0.1) is 0 Å². The largest absolute Gasteiger partial charge is 0.507 e. The van der Waals surface area contributed by atoms with Crippen LogP contribution < -0.4 is 4.90 Å². The Hall–Kier alpha value is -2.37. The number of hydrogen-bond acceptors (Lipinski definition) is 3. The summed E-state index contributed by atoms with van der Waals surface area (Å²) in [6.07, 6.45) is 0. The Bertz CT molecular complexity index is 914. The molecule has 1 aliphatic heterocycles. The smallest absolute Gasteiger partial charge is 0.186 e. The van der Waals surface area contributed by atoms with Gasteiger partial charge in [-0.25, -0.2) is 4.21 Å². The van der Waals surface area contributed by atoms with Gasteiger partial charge in [0.15, 0.2) is 11.1 Å². The number of hydrogen-bond donors (Lipinski definition) is 2. The van der Waals surface area contributed by atoms with Crippen molar-refractivity contribution in [3.8, 4) is 5.75 Å². The highest BCUT2D eigenvalue weighted by Crippen LogP contribution is 2.34. The van der Waals surface area contributed by atoms with Gasteiger partial charge in [-0.3, -0.25) is 0 Å². The van der Waals surface area contributed by atoms with Crippen molar-refractivity contribution < 1.29 is 13.9 Å². The van der Waals surface area contributed by atoms with Crippen molar-refractivity contribution in [2.45, 2.75) is 18.0 Å². The number of aromatic hydroxyl groups is 1. The predicted molar refractivity (Wildman–Crippen MR) is 91.0 cm³/mol. The second-order valence-corrected chi connectivity index (χ2v) is 6.69. The van der Waals surface area contributed by atoms with E-state index >= 15 is 0 Å². The van der Waals surface area contributed by atoms with Gasteiger partial charge in [-0.1, -0.05) is 24.3 Å². The second-order valence-electron chi connectivity index (χ2n) is 5.72. The van der Waals surface area contributed by atoms with Crippen LogP contribution in [0.2, 0.25) is 0 Å². The topological polar surface area (TPSA) is 60.8 Å². The molecule has 3 aromatic carbocycles. The molecule has 0 fully saturated rings. The van der Waals surface area contributed by atoms with Crippen LogP contribution in [0.5, 0.6) is 5.75 Å². The highest BCUT2D eigenvalue weighted by Gasteiger charge is 2.19. The molecule has 0 aromatic heterocycles. The van der Waals surface area contributed by atoms with Crippen LogP contribution in [0.25, 0.3) is 10.8 Å². The maximum atomic E-state index is 11.3. The Labute approximate surface area is 136 Å². The Morgan fingerprint density at radius 3 is 2.30 bits per heavy atom. The van der Waals surface area contributed by atoms with E-state index in [9.17, 15) is 13.9 Å². The quantitative estimate of drug-likeness (QED) is 0.706. The molecule has 116 valence electrons. The fourth-order valence-corrected chi connectivity index (χ4v) is 3.56. The van der Waals surface area contributed by atoms with Gasteiger partial charge in [0.2, 0.25) is 0 Å². The Kier molecular flexibility index (Phi) is 3.32. The molecular formula is C18H15NO3S. The molecule has 1 atom stereocenters. The number of nitrogens with zero attached hydrogens (tertiary/aromatic N) is 1. The zero-order chi connectivity index (χ0) is 16.0. The maximum absolute atomic E-state index is 11.3. The van der Waals surface area contributed by atoms with E-state index in [2.05, 4.69) is 17.0 Å². The van der Waals surface area contributed by atoms with Crippen LogP contribution in [0, 0.1) is 0 Å². The van der Waals surface area contributed by atoms with E-state index in [0.717, 1.165) is 24.2 Å². The van der Waals surface area contributed by atoms with Crippen LogP contribution in [-0.4, -0.2) is 13.9 Å². The molecule has 0 saturated carbocycles. The van der Waals surface area contributed by atoms with Crippen LogP contribution in [-0.2, 0) is 24.2 Å². The number of anilines is 1. The summed E-state index contributed by atoms with van der Waals surface area (Å²) in [4.78, 5) is 2.46. The van der Waals surface area contributed by atoms with E-state index in [4.69, 9.17) is 0 Å². The zero-order valence-electron chi connectivity index (χ0n) is 12.3. The summed E-state index contributed by atoms with van der Waals surface area (Å²) in [7, 11) is 0. The molecule has 4 nitrogen and oxygen atoms in total. The van der Waals surface area contributed by atoms with E-state index < -0.39 is 11.1 Å². The maximum Gasteiger partial charge on any atom is 0.186 e. The van der Waals surface area contributed by atoms with Gasteiger partial charge in [-0.2, -0.15) is 0 Å². The van der Waals surface area contributed by atoms with E-state index in [1.807, 2.05) is 30.3 Å². The first kappa shape index (κ1) is 14.2. The lowest BCUT2D eigenvalue weighted by molar-refractivity contribution is 0.479. The molecule has 0 amide bonds. The predicted octanol–water partition coefficient (Wildman–Crippen LogP) is 3.65. The van der Waals surface area contributed by atoms with Crippen molar-refractivity contribution >= 4 is 27.5 Å². The number of phenols is 1. The molecule has 1 heterocycles. The van der Waals surface area contributed by atoms with Gasteiger partial charge in [0.1, 0.15) is 5.75 Å². The van der Waals surface area contributed by atoms with Crippen LogP contribution in [0.4, 0.5) is 5.69 Å². The lowest BCUT2D eigenvalue weighted by Gasteiger charge is -2.18. The summed E-state index contributed by atoms with van der Waals surface area (Å²) in [5.74, 6) is 0.0242. The normalized spacial score (nSPS) is 14.9. The molecule has 1 aliphatic rings. The monoisotopic (exact) mass is 325 g/mol. The summed E-state index contributed by atoms with van der Waals surface area (Å²) in [6.45, 7) is 1.69. The third-order valence-corrected chi connectivity index (χ3v) is 4.93. The first-order valence-corrected chi connectivity index (χ1v) is 8.42. The molecule has 1 unspecified atom stereocenters. The summed E-state index contributed by atoms with van der Waals surface area (Å²) in [5.41, 5.74) is 3.68. The van der Waals surface area contributed by atoms with E-state index in [0.29, 0.717) is 5.39 Å². The van der Waals surface area contributed by atoms with Gasteiger partial charge in [0.25, 0.3) is 0 Å². The van der Waals surface area contributed by atoms with E-state index in [1.165, 1.54) is 17.2 Å². The van der Waals surface area contributed by atoms with Crippen molar-refractivity contribution in [3.05, 3.63) is 65.7 Å². The van der Waals surface area contributed by atoms with Crippen molar-refractivity contribution in [3.63, 3.8) is 0 Å². The van der Waals surface area contributed by atoms with Crippen molar-refractivity contribution in [1.29, 1.82) is 0 Å². The van der Waals surface area contributed by atoms with Gasteiger partial charge >= 0.3 is 0 Å². The Morgan fingerprint density at radius 1 is 0.957 bits per heavy atom. The molecule has 3 aromatic rings. The van der Waals surface area contributed by atoms with Crippen LogP contribution in [0.1, 0.15) is 11.1 Å². The molecule has 23 heavy (non-hydrogen) atoms. The number of fused-ring (bicyclic) bond motifs is 2. The zero-order valence-corrected chi connectivity index (χ0v) is 13.1. The van der Waals surface area contributed by atoms with Crippen LogP contribution in [0.15, 0.2) is 59.5 Å². The highest BCUT2D eigenvalue weighted by molar-refractivity contribution is 7.79. The lowest BCUT2D eigenvalue weighted by Crippen LogP contribution is -2.14. The molecule has 0 saturated heterocycles. The molecular weight excluding hydrogens is 310 g/mol. The molecule has 0 bridgehead atoms. The number of phenolic OH excluding ortho intramolecular Hbond substituents is 1. The fraction of sp³-hybridized carbons (Fsp3) is 0.111. The lowest BCUT2D eigenvalue weighted by atomic mass is 10.1. The van der Waals surface area contributed by atoms with Gasteiger partial charge in [0, 0.05) is 24.2 Å². The SMILES string of the molecule is O=S(O)c1cc(O)c2ccc(N3Cc4ccccc4C3)cc2c1. The third kappa shape index (κ3) is 2.48. The van der Waals surface area contributed by atoms with Gasteiger partial charge in [-0.05, 0) is 46.8 Å². The second kappa shape index (κ2) is 5.37. The minimum Gasteiger partial charge on any atom is -0.507 e. The third-order valence-electron chi connectivity index (χ3n) is 4.30. The highest BCUT2D eigenvalue weighted by atomic mass is 32.2. The molecule has 2 N–H and O–H groups in total. The minimum atomic E-state index is -2.11. The van der Waals surface area contributed by atoms with Crippen molar-refractivity contribution in [2.75, 3.05) is 4.90 Å². The van der Waals surface area contributed by atoms with E-state index in [-0.39, 0.29) is 10.6 Å². The summed E-state index contributed by atoms with van der Waals surface area (Å²) in [6, 6.07) is 17.1. The van der Waals surface area contributed by atoms with Crippen molar-refractivity contribution in [2.24, 2.45) is 0 Å². The van der Waals surface area contributed by atoms with E-state index in [1.54, 1.807) is 6.07 Å². The first-order valence-electron chi connectivity index (χ1n) is 7.31. The van der Waals surface area contributed by atoms with Gasteiger partial charge < -0.3 is 14.6 Å². The first-order chi connectivity index (χ1) is 11.1. The van der Waals surface area contributed by atoms with Crippen molar-refractivity contribution in [1.82, 2.24) is 0 Å². The molecule has 0 radical (unpaired) electrons. The summed E-state index contributed by atoms with van der Waals surface area (Å²) in [5, 5.41) is 11.5. The molecule has 4 rings (SSSR count). The Balaban J connectivity index is 1.76. The number of benzene rings is 3. The summed E-state index contributed by atoms with van der Waals surface area (Å²) >= 11 is -2.11. The minimum absolute atomic E-state index is 0.0242. The van der Waals surface area contributed by atoms with Crippen LogP contribution in [0.3, 0.4) is 0 Å². The molecule has 0 spiro atoms. The number of rotatable bonds is 2. The summed E-state index contributed by atoms with van der Waals surface area (Å²) < 4.78 is 20.5. The molecule has 5 heteroatoms. The Morgan fingerprint density at radius 2 is 1.65 bits per heavy atom. The average molecular weight is 325 g/mol.